The summed E-state index contributed by atoms with van der Waals surface area (Å²) in [4.78, 5) is 17.6. The van der Waals surface area contributed by atoms with Gasteiger partial charge in [0.15, 0.2) is 0 Å². The standard InChI is InChI=1S/C38H42ClN7O4/c1-4-28(3)46-37(47)45(26-42-46)32-8-6-30(7-9-32)43-17-19-44(20-18-43)31-10-12-33(13-11-31)48-24-34-25-49-38(50-34,22-29-15-16-40-41-23-29)35-14-5-27(2)21-36(35)39/h5-16,21,23,26,28,34H,4,17-20,22,24-25H2,1-3H3. The SMILES string of the molecule is CCC(C)n1ncn(-c2ccc(N3CCN(c4ccc(OCC5COC(Cc6ccnnc6)(c6ccc(C)cc6Cl)O5)cc4)CC3)cc2)c1=O. The molecule has 11 nitrogen and oxygen atoms in total. The summed E-state index contributed by atoms with van der Waals surface area (Å²) in [5.41, 5.74) is 5.79. The Bertz CT molecular complexity index is 1940. The second-order valence-corrected chi connectivity index (χ2v) is 13.4. The molecular weight excluding hydrogens is 654 g/mol. The molecule has 0 radical (unpaired) electrons. The highest BCUT2D eigenvalue weighted by atomic mass is 35.5. The van der Waals surface area contributed by atoms with E-state index < -0.39 is 5.79 Å². The maximum atomic E-state index is 12.8. The van der Waals surface area contributed by atoms with Crippen molar-refractivity contribution in [2.75, 3.05) is 49.2 Å². The van der Waals surface area contributed by atoms with Crippen molar-refractivity contribution in [2.24, 2.45) is 0 Å². The van der Waals surface area contributed by atoms with Gasteiger partial charge in [-0.1, -0.05) is 30.7 Å². The van der Waals surface area contributed by atoms with Crippen molar-refractivity contribution in [3.63, 3.8) is 0 Å². The molecule has 0 amide bonds. The third kappa shape index (κ3) is 7.12. The van der Waals surface area contributed by atoms with Crippen molar-refractivity contribution in [1.82, 2.24) is 24.5 Å². The largest absolute Gasteiger partial charge is 0.491 e. The lowest BCUT2D eigenvalue weighted by Gasteiger charge is -2.37. The smallest absolute Gasteiger partial charge is 0.350 e. The number of benzene rings is 3. The minimum atomic E-state index is -1.05. The molecule has 2 fully saturated rings. The van der Waals surface area contributed by atoms with Gasteiger partial charge in [0, 0.05) is 60.8 Å². The molecule has 0 spiro atoms. The first-order valence-electron chi connectivity index (χ1n) is 17.2. The maximum Gasteiger partial charge on any atom is 0.350 e. The number of nitrogens with zero attached hydrogens (tertiary/aromatic N) is 7. The summed E-state index contributed by atoms with van der Waals surface area (Å²) in [6.45, 7) is 10.3. The lowest BCUT2D eigenvalue weighted by Crippen LogP contribution is -2.46. The molecule has 4 heterocycles. The van der Waals surface area contributed by atoms with Gasteiger partial charge in [0.05, 0.1) is 24.5 Å². The zero-order chi connectivity index (χ0) is 34.7. The molecule has 2 aliphatic rings. The number of piperazine rings is 1. The number of halogens is 1. The molecule has 2 saturated heterocycles. The third-order valence-electron chi connectivity index (χ3n) is 9.59. The van der Waals surface area contributed by atoms with E-state index in [-0.39, 0.29) is 17.8 Å². The Hall–Kier alpha value is -4.71. The monoisotopic (exact) mass is 695 g/mol. The van der Waals surface area contributed by atoms with E-state index in [2.05, 4.69) is 56.3 Å². The summed E-state index contributed by atoms with van der Waals surface area (Å²) in [5, 5.41) is 12.8. The molecule has 0 aliphatic carbocycles. The van der Waals surface area contributed by atoms with Crippen molar-refractivity contribution in [3.05, 3.63) is 124 Å². The highest BCUT2D eigenvalue weighted by Gasteiger charge is 2.45. The van der Waals surface area contributed by atoms with Gasteiger partial charge in [0.1, 0.15) is 24.8 Å². The summed E-state index contributed by atoms with van der Waals surface area (Å²) in [6.07, 6.45) is 6.00. The number of anilines is 2. The molecule has 0 bridgehead atoms. The van der Waals surface area contributed by atoms with E-state index in [1.807, 2.05) is 62.4 Å². The van der Waals surface area contributed by atoms with Gasteiger partial charge in [-0.25, -0.2) is 14.0 Å². The van der Waals surface area contributed by atoms with Gasteiger partial charge < -0.3 is 24.0 Å². The number of hydrogen-bond acceptors (Lipinski definition) is 9. The van der Waals surface area contributed by atoms with Crippen LogP contribution in [0.4, 0.5) is 11.4 Å². The van der Waals surface area contributed by atoms with Gasteiger partial charge >= 0.3 is 5.69 Å². The van der Waals surface area contributed by atoms with Gasteiger partial charge in [-0.3, -0.25) is 0 Å². The van der Waals surface area contributed by atoms with Crippen molar-refractivity contribution >= 4 is 23.0 Å². The van der Waals surface area contributed by atoms with Crippen LogP contribution < -0.4 is 20.2 Å². The summed E-state index contributed by atoms with van der Waals surface area (Å²) >= 11 is 6.71. The van der Waals surface area contributed by atoms with Gasteiger partial charge in [0.2, 0.25) is 5.79 Å². The summed E-state index contributed by atoms with van der Waals surface area (Å²) in [5.74, 6) is -0.277. The Balaban J connectivity index is 0.930. The maximum absolute atomic E-state index is 12.8. The quantitative estimate of drug-likeness (QED) is 0.165. The first-order valence-corrected chi connectivity index (χ1v) is 17.5. The van der Waals surface area contributed by atoms with Crippen LogP contribution in [-0.2, 0) is 21.7 Å². The second kappa shape index (κ2) is 14.6. The fourth-order valence-corrected chi connectivity index (χ4v) is 6.93. The Labute approximate surface area is 297 Å². The van der Waals surface area contributed by atoms with Crippen LogP contribution in [0, 0.1) is 6.92 Å². The summed E-state index contributed by atoms with van der Waals surface area (Å²) in [7, 11) is 0. The number of aryl methyl sites for hydroxylation is 1. The Morgan fingerprint density at radius 3 is 2.26 bits per heavy atom. The molecule has 3 unspecified atom stereocenters. The number of rotatable bonds is 11. The average molecular weight is 696 g/mol. The summed E-state index contributed by atoms with van der Waals surface area (Å²) in [6, 6.07) is 24.3. The fraction of sp³-hybridized carbons (Fsp3) is 0.368. The van der Waals surface area contributed by atoms with Gasteiger partial charge in [0.25, 0.3) is 0 Å². The summed E-state index contributed by atoms with van der Waals surface area (Å²) < 4.78 is 22.3. The van der Waals surface area contributed by atoms with Gasteiger partial charge in [-0.15, -0.1) is 0 Å². The number of ether oxygens (including phenoxy) is 3. The molecule has 7 rings (SSSR count). The zero-order valence-electron chi connectivity index (χ0n) is 28.6. The first-order chi connectivity index (χ1) is 24.3. The van der Waals surface area contributed by atoms with Crippen molar-refractivity contribution in [2.45, 2.75) is 51.5 Å². The highest BCUT2D eigenvalue weighted by molar-refractivity contribution is 6.31. The van der Waals surface area contributed by atoms with Crippen molar-refractivity contribution in [3.8, 4) is 11.4 Å². The average Bonchev–Trinajstić information content (AvgIpc) is 3.74. The molecule has 0 saturated carbocycles. The van der Waals surface area contributed by atoms with Crippen molar-refractivity contribution < 1.29 is 14.2 Å². The van der Waals surface area contributed by atoms with Crippen LogP contribution in [0.5, 0.6) is 5.75 Å². The van der Waals surface area contributed by atoms with Gasteiger partial charge in [-0.2, -0.15) is 15.3 Å². The van der Waals surface area contributed by atoms with E-state index in [9.17, 15) is 4.79 Å². The highest BCUT2D eigenvalue weighted by Crippen LogP contribution is 2.41. The van der Waals surface area contributed by atoms with Crippen LogP contribution >= 0.6 is 11.6 Å². The van der Waals surface area contributed by atoms with Crippen LogP contribution in [0.25, 0.3) is 5.69 Å². The first kappa shape index (κ1) is 33.8. The van der Waals surface area contributed by atoms with Gasteiger partial charge in [-0.05, 0) is 92.1 Å². The van der Waals surface area contributed by atoms with Crippen LogP contribution in [0.1, 0.15) is 43.0 Å². The van der Waals surface area contributed by atoms with E-state index in [0.29, 0.717) is 24.7 Å². The predicted molar refractivity (Wildman–Crippen MR) is 194 cm³/mol. The molecule has 3 aromatic carbocycles. The predicted octanol–water partition coefficient (Wildman–Crippen LogP) is 5.97. The lowest BCUT2D eigenvalue weighted by molar-refractivity contribution is -0.178. The topological polar surface area (TPSA) is 99.8 Å². The normalized spacial score (nSPS) is 19.9. The molecular formula is C38H42ClN7O4. The van der Waals surface area contributed by atoms with Crippen molar-refractivity contribution in [1.29, 1.82) is 0 Å². The molecule has 260 valence electrons. The number of aromatic nitrogens is 5. The molecule has 5 aromatic rings. The molecule has 3 atom stereocenters. The minimum absolute atomic E-state index is 0.0675. The molecule has 2 aromatic heterocycles. The van der Waals surface area contributed by atoms with E-state index in [0.717, 1.165) is 72.1 Å². The Morgan fingerprint density at radius 1 is 0.940 bits per heavy atom. The Morgan fingerprint density at radius 2 is 1.62 bits per heavy atom. The van der Waals surface area contributed by atoms with Crippen LogP contribution in [-0.4, -0.2) is 70.0 Å². The molecule has 50 heavy (non-hydrogen) atoms. The van der Waals surface area contributed by atoms with Crippen LogP contribution in [0.3, 0.4) is 0 Å². The lowest BCUT2D eigenvalue weighted by atomic mass is 9.97. The van der Waals surface area contributed by atoms with Crippen LogP contribution in [0.2, 0.25) is 5.02 Å². The fourth-order valence-electron chi connectivity index (χ4n) is 6.55. The van der Waals surface area contributed by atoms with Crippen LogP contribution in [0.15, 0.2) is 96.3 Å². The third-order valence-corrected chi connectivity index (χ3v) is 9.90. The molecule has 0 N–H and O–H groups in total. The van der Waals surface area contributed by atoms with E-state index in [1.165, 1.54) is 0 Å². The van der Waals surface area contributed by atoms with E-state index in [4.69, 9.17) is 25.8 Å². The molecule has 12 heteroatoms. The van der Waals surface area contributed by atoms with E-state index in [1.54, 1.807) is 28.0 Å². The number of hydrogen-bond donors (Lipinski definition) is 0. The second-order valence-electron chi connectivity index (χ2n) is 13.0. The molecule has 2 aliphatic heterocycles. The minimum Gasteiger partial charge on any atom is -0.491 e. The zero-order valence-corrected chi connectivity index (χ0v) is 29.4. The Kier molecular flexibility index (Phi) is 9.89. The van der Waals surface area contributed by atoms with E-state index >= 15 is 0 Å².